The molecule has 172 valence electrons. The lowest BCUT2D eigenvalue weighted by Gasteiger charge is -2.15. The topological polar surface area (TPSA) is 122 Å². The quantitative estimate of drug-likeness (QED) is 0.201. The maximum atomic E-state index is 13.0. The third-order valence-electron chi connectivity index (χ3n) is 5.51. The largest absolute Gasteiger partial charge is 0.354 e. The van der Waals surface area contributed by atoms with Crippen molar-refractivity contribution in [1.82, 2.24) is 9.97 Å². The van der Waals surface area contributed by atoms with Gasteiger partial charge in [0.2, 0.25) is 5.95 Å². The van der Waals surface area contributed by atoms with Crippen molar-refractivity contribution in [3.63, 3.8) is 0 Å². The number of rotatable bonds is 7. The molecule has 1 amide bonds. The van der Waals surface area contributed by atoms with Crippen molar-refractivity contribution in [3.8, 4) is 0 Å². The second-order valence-corrected chi connectivity index (χ2v) is 7.81. The Balaban J connectivity index is 1.48. The van der Waals surface area contributed by atoms with Crippen LogP contribution in [-0.2, 0) is 11.3 Å². The van der Waals surface area contributed by atoms with Crippen LogP contribution in [0.2, 0.25) is 0 Å². The molecule has 1 aromatic heterocycles. The summed E-state index contributed by atoms with van der Waals surface area (Å²) in [6, 6.07) is 23.3. The van der Waals surface area contributed by atoms with Crippen LogP contribution in [0.4, 0.5) is 23.0 Å². The fourth-order valence-corrected chi connectivity index (χ4v) is 3.82. The molecule has 0 spiro atoms. The molecule has 1 aliphatic heterocycles. The molecule has 0 aliphatic carbocycles. The maximum absolute atomic E-state index is 13.0. The van der Waals surface area contributed by atoms with Crippen molar-refractivity contribution in [2.45, 2.75) is 6.54 Å². The van der Waals surface area contributed by atoms with E-state index in [4.69, 9.17) is 0 Å². The Labute approximate surface area is 200 Å². The number of hydrogen-bond acceptors (Lipinski definition) is 7. The van der Waals surface area contributed by atoms with Crippen LogP contribution in [0.1, 0.15) is 16.7 Å². The van der Waals surface area contributed by atoms with Crippen LogP contribution in [0.5, 0.6) is 0 Å². The zero-order valence-corrected chi connectivity index (χ0v) is 18.4. The highest BCUT2D eigenvalue weighted by Crippen LogP contribution is 2.39. The van der Waals surface area contributed by atoms with Crippen molar-refractivity contribution in [2.75, 3.05) is 16.0 Å². The lowest BCUT2D eigenvalue weighted by Crippen LogP contribution is -2.10. The van der Waals surface area contributed by atoms with E-state index in [0.717, 1.165) is 16.8 Å². The number of nitrogens with one attached hydrogen (secondary N) is 3. The van der Waals surface area contributed by atoms with E-state index in [2.05, 4.69) is 25.9 Å². The summed E-state index contributed by atoms with van der Waals surface area (Å²) in [5, 5.41) is 20.7. The summed E-state index contributed by atoms with van der Waals surface area (Å²) in [6.45, 7) is 0.552. The molecule has 0 saturated carbocycles. The molecule has 3 aromatic carbocycles. The number of nitrogens with zero attached hydrogens (tertiary/aromatic N) is 3. The Bertz CT molecular complexity index is 1420. The van der Waals surface area contributed by atoms with E-state index in [0.29, 0.717) is 35.0 Å². The number of non-ortho nitro benzene ring substituents is 1. The first-order valence-corrected chi connectivity index (χ1v) is 10.9. The number of nitro groups is 1. The molecule has 0 atom stereocenters. The van der Waals surface area contributed by atoms with E-state index >= 15 is 0 Å². The predicted molar refractivity (Wildman–Crippen MR) is 134 cm³/mol. The van der Waals surface area contributed by atoms with Gasteiger partial charge in [0, 0.05) is 48.0 Å². The van der Waals surface area contributed by atoms with E-state index < -0.39 is 4.92 Å². The van der Waals surface area contributed by atoms with Crippen LogP contribution >= 0.6 is 0 Å². The predicted octanol–water partition coefficient (Wildman–Crippen LogP) is 4.93. The van der Waals surface area contributed by atoms with Gasteiger partial charge in [-0.05, 0) is 35.4 Å². The van der Waals surface area contributed by atoms with Crippen molar-refractivity contribution in [1.29, 1.82) is 0 Å². The molecule has 5 rings (SSSR count). The summed E-state index contributed by atoms with van der Waals surface area (Å²) < 4.78 is 0. The standard InChI is InChI=1S/C26H20N6O3/c33-25-23(21-15-20(32(34)35)11-12-22(21)31-25)24(18-5-2-1-3-6-18)30-19-9-7-17(8-10-19)16-29-26-27-13-4-14-28-26/h1-15,30H,16H2,(H,31,33)(H,27,28,29)/b24-23-. The molecule has 0 radical (unpaired) electrons. The highest BCUT2D eigenvalue weighted by Gasteiger charge is 2.30. The van der Waals surface area contributed by atoms with E-state index in [-0.39, 0.29) is 11.6 Å². The molecule has 3 N–H and O–H groups in total. The fraction of sp³-hybridized carbons (Fsp3) is 0.0385. The zero-order valence-electron chi connectivity index (χ0n) is 18.4. The van der Waals surface area contributed by atoms with Gasteiger partial charge in [-0.2, -0.15) is 0 Å². The highest BCUT2D eigenvalue weighted by atomic mass is 16.6. The smallest absolute Gasteiger partial charge is 0.270 e. The monoisotopic (exact) mass is 464 g/mol. The summed E-state index contributed by atoms with van der Waals surface area (Å²) in [7, 11) is 0. The summed E-state index contributed by atoms with van der Waals surface area (Å²) in [5.41, 5.74) is 4.43. The van der Waals surface area contributed by atoms with Crippen LogP contribution in [0.15, 0.2) is 91.3 Å². The van der Waals surface area contributed by atoms with Crippen LogP contribution in [0.3, 0.4) is 0 Å². The van der Waals surface area contributed by atoms with Gasteiger partial charge in [-0.3, -0.25) is 14.9 Å². The number of hydrogen-bond donors (Lipinski definition) is 3. The number of aromatic nitrogens is 2. The zero-order chi connectivity index (χ0) is 24.2. The van der Waals surface area contributed by atoms with Gasteiger partial charge in [0.1, 0.15) is 0 Å². The maximum Gasteiger partial charge on any atom is 0.270 e. The molecule has 4 aromatic rings. The van der Waals surface area contributed by atoms with E-state index in [1.54, 1.807) is 24.5 Å². The number of nitro benzene ring substituents is 1. The third kappa shape index (κ3) is 4.69. The Morgan fingerprint density at radius 3 is 2.40 bits per heavy atom. The molecular formula is C26H20N6O3. The van der Waals surface area contributed by atoms with E-state index in [1.807, 2.05) is 54.6 Å². The van der Waals surface area contributed by atoms with Crippen LogP contribution < -0.4 is 16.0 Å². The summed E-state index contributed by atoms with van der Waals surface area (Å²) in [4.78, 5) is 32.2. The summed E-state index contributed by atoms with van der Waals surface area (Å²) >= 11 is 0. The number of benzene rings is 3. The molecular weight excluding hydrogens is 444 g/mol. The van der Waals surface area contributed by atoms with Gasteiger partial charge in [-0.1, -0.05) is 42.5 Å². The molecule has 35 heavy (non-hydrogen) atoms. The van der Waals surface area contributed by atoms with Gasteiger partial charge in [0.05, 0.1) is 16.2 Å². The van der Waals surface area contributed by atoms with Crippen molar-refractivity contribution >= 4 is 40.2 Å². The van der Waals surface area contributed by atoms with Gasteiger partial charge in [0.25, 0.3) is 11.6 Å². The first-order valence-electron chi connectivity index (χ1n) is 10.9. The molecule has 0 unspecified atom stereocenters. The van der Waals surface area contributed by atoms with Crippen LogP contribution in [0, 0.1) is 10.1 Å². The Kier molecular flexibility index (Phi) is 5.87. The molecule has 0 bridgehead atoms. The second kappa shape index (κ2) is 9.44. The first kappa shape index (κ1) is 21.8. The molecule has 1 aliphatic rings. The number of amides is 1. The molecule has 2 heterocycles. The number of fused-ring (bicyclic) bond motifs is 1. The first-order chi connectivity index (χ1) is 17.1. The number of anilines is 3. The van der Waals surface area contributed by atoms with Crippen molar-refractivity contribution in [3.05, 3.63) is 118 Å². The average Bonchev–Trinajstić information content (AvgIpc) is 3.22. The average molecular weight is 464 g/mol. The minimum Gasteiger partial charge on any atom is -0.354 e. The minimum absolute atomic E-state index is 0.0792. The highest BCUT2D eigenvalue weighted by molar-refractivity contribution is 6.37. The molecule has 9 nitrogen and oxygen atoms in total. The lowest BCUT2D eigenvalue weighted by molar-refractivity contribution is -0.384. The number of carbonyl (C=O) groups is 1. The SMILES string of the molecule is O=C1Nc2ccc([N+](=O)[O-])cc2/C1=C(/Nc1ccc(CNc2ncccn2)cc1)c1ccccc1. The van der Waals surface area contributed by atoms with E-state index in [1.165, 1.54) is 12.1 Å². The van der Waals surface area contributed by atoms with Crippen molar-refractivity contribution < 1.29 is 9.72 Å². The van der Waals surface area contributed by atoms with Crippen molar-refractivity contribution in [2.24, 2.45) is 0 Å². The molecule has 0 saturated heterocycles. The third-order valence-corrected chi connectivity index (χ3v) is 5.51. The fourth-order valence-electron chi connectivity index (χ4n) is 3.82. The summed E-state index contributed by atoms with van der Waals surface area (Å²) in [6.07, 6.45) is 3.35. The second-order valence-electron chi connectivity index (χ2n) is 7.81. The minimum atomic E-state index is -0.469. The van der Waals surface area contributed by atoms with Crippen LogP contribution in [-0.4, -0.2) is 20.8 Å². The van der Waals surface area contributed by atoms with E-state index in [9.17, 15) is 14.9 Å². The molecule has 0 fully saturated rings. The van der Waals surface area contributed by atoms with Gasteiger partial charge < -0.3 is 16.0 Å². The van der Waals surface area contributed by atoms with Gasteiger partial charge >= 0.3 is 0 Å². The normalized spacial score (nSPS) is 13.5. The van der Waals surface area contributed by atoms with Crippen LogP contribution in [0.25, 0.3) is 11.3 Å². The van der Waals surface area contributed by atoms with Gasteiger partial charge in [-0.15, -0.1) is 0 Å². The molecule has 9 heteroatoms. The number of carbonyl (C=O) groups excluding carboxylic acids is 1. The Hall–Kier alpha value is -5.05. The van der Waals surface area contributed by atoms with Gasteiger partial charge in [-0.25, -0.2) is 9.97 Å². The Morgan fingerprint density at radius 1 is 0.943 bits per heavy atom. The van der Waals surface area contributed by atoms with Gasteiger partial charge in [0.15, 0.2) is 0 Å². The Morgan fingerprint density at radius 2 is 1.69 bits per heavy atom. The summed E-state index contributed by atoms with van der Waals surface area (Å²) in [5.74, 6) is 0.223. The lowest BCUT2D eigenvalue weighted by atomic mass is 9.99.